The summed E-state index contributed by atoms with van der Waals surface area (Å²) in [6.45, 7) is 5.55. The van der Waals surface area contributed by atoms with Gasteiger partial charge < -0.3 is 11.1 Å². The Morgan fingerprint density at radius 2 is 2.28 bits per heavy atom. The molecule has 96 valence electrons. The van der Waals surface area contributed by atoms with Crippen LogP contribution in [0.2, 0.25) is 0 Å². The van der Waals surface area contributed by atoms with Crippen molar-refractivity contribution in [3.63, 3.8) is 0 Å². The Kier molecular flexibility index (Phi) is 3.08. The van der Waals surface area contributed by atoms with E-state index in [-0.39, 0.29) is 11.6 Å². The standard InChI is InChI=1S/C11H15N5OS/c1-6-7(12)8(16-15-6)9(17)14-11(2,3)10-13-4-5-18-10/h4-5H,12H2,1-3H3,(H,14,17)(H,15,16). The van der Waals surface area contributed by atoms with Gasteiger partial charge in [-0.1, -0.05) is 0 Å². The number of nitrogens with two attached hydrogens (primary N) is 1. The zero-order chi connectivity index (χ0) is 13.3. The first-order chi connectivity index (χ1) is 8.42. The normalized spacial score (nSPS) is 11.5. The summed E-state index contributed by atoms with van der Waals surface area (Å²) in [5, 5.41) is 12.2. The van der Waals surface area contributed by atoms with E-state index in [1.807, 2.05) is 19.2 Å². The van der Waals surface area contributed by atoms with Gasteiger partial charge in [0, 0.05) is 11.6 Å². The highest BCUT2D eigenvalue weighted by Gasteiger charge is 2.28. The van der Waals surface area contributed by atoms with Crippen molar-refractivity contribution in [1.82, 2.24) is 20.5 Å². The van der Waals surface area contributed by atoms with Gasteiger partial charge in [0.1, 0.15) is 5.01 Å². The van der Waals surface area contributed by atoms with E-state index in [2.05, 4.69) is 20.5 Å². The van der Waals surface area contributed by atoms with E-state index in [1.54, 1.807) is 13.1 Å². The lowest BCUT2D eigenvalue weighted by Gasteiger charge is -2.23. The Hall–Kier alpha value is -1.89. The lowest BCUT2D eigenvalue weighted by molar-refractivity contribution is 0.0907. The van der Waals surface area contributed by atoms with Crippen LogP contribution in [0.15, 0.2) is 11.6 Å². The number of nitrogens with zero attached hydrogens (tertiary/aromatic N) is 2. The maximum atomic E-state index is 12.1. The molecule has 4 N–H and O–H groups in total. The highest BCUT2D eigenvalue weighted by molar-refractivity contribution is 7.09. The second kappa shape index (κ2) is 4.41. The maximum Gasteiger partial charge on any atom is 0.274 e. The van der Waals surface area contributed by atoms with Crippen LogP contribution in [-0.2, 0) is 5.54 Å². The number of carbonyl (C=O) groups excluding carboxylic acids is 1. The number of H-pyrrole nitrogens is 1. The van der Waals surface area contributed by atoms with Crippen LogP contribution < -0.4 is 11.1 Å². The van der Waals surface area contributed by atoms with E-state index < -0.39 is 5.54 Å². The SMILES string of the molecule is Cc1[nH]nc(C(=O)NC(C)(C)c2nccs2)c1N. The van der Waals surface area contributed by atoms with Crippen LogP contribution in [0.1, 0.15) is 35.0 Å². The number of carbonyl (C=O) groups is 1. The van der Waals surface area contributed by atoms with E-state index in [0.29, 0.717) is 11.4 Å². The summed E-state index contributed by atoms with van der Waals surface area (Å²) in [7, 11) is 0. The van der Waals surface area contributed by atoms with Crippen molar-refractivity contribution in [2.45, 2.75) is 26.3 Å². The van der Waals surface area contributed by atoms with Crippen LogP contribution >= 0.6 is 11.3 Å². The van der Waals surface area contributed by atoms with Gasteiger partial charge in [-0.05, 0) is 20.8 Å². The van der Waals surface area contributed by atoms with Crippen LogP contribution in [0, 0.1) is 6.92 Å². The lowest BCUT2D eigenvalue weighted by atomic mass is 10.1. The van der Waals surface area contributed by atoms with Crippen molar-refractivity contribution in [1.29, 1.82) is 0 Å². The predicted molar refractivity (Wildman–Crippen MR) is 70.3 cm³/mol. The predicted octanol–water partition coefficient (Wildman–Crippen LogP) is 1.42. The Morgan fingerprint density at radius 1 is 1.56 bits per heavy atom. The maximum absolute atomic E-state index is 12.1. The van der Waals surface area contributed by atoms with Crippen molar-refractivity contribution in [3.8, 4) is 0 Å². The number of hydrogen-bond donors (Lipinski definition) is 3. The molecule has 0 saturated heterocycles. The number of nitrogen functional groups attached to an aromatic ring is 1. The molecule has 18 heavy (non-hydrogen) atoms. The number of nitrogens with one attached hydrogen (secondary N) is 2. The second-order valence-corrected chi connectivity index (χ2v) is 5.42. The number of rotatable bonds is 3. The van der Waals surface area contributed by atoms with E-state index in [0.717, 1.165) is 5.01 Å². The number of amides is 1. The van der Waals surface area contributed by atoms with Gasteiger partial charge in [0.2, 0.25) is 0 Å². The summed E-state index contributed by atoms with van der Waals surface area (Å²) in [5.41, 5.74) is 6.51. The van der Waals surface area contributed by atoms with Crippen LogP contribution in [0.3, 0.4) is 0 Å². The van der Waals surface area contributed by atoms with Crippen molar-refractivity contribution < 1.29 is 4.79 Å². The monoisotopic (exact) mass is 265 g/mol. The molecular weight excluding hydrogens is 250 g/mol. The minimum atomic E-state index is -0.551. The highest BCUT2D eigenvalue weighted by atomic mass is 32.1. The third-order valence-corrected chi connectivity index (χ3v) is 3.70. The second-order valence-electron chi connectivity index (χ2n) is 4.53. The van der Waals surface area contributed by atoms with Gasteiger partial charge in [-0.25, -0.2) is 4.98 Å². The summed E-state index contributed by atoms with van der Waals surface area (Å²) < 4.78 is 0. The summed E-state index contributed by atoms with van der Waals surface area (Å²) in [6.07, 6.45) is 1.71. The smallest absolute Gasteiger partial charge is 0.274 e. The molecule has 0 bridgehead atoms. The minimum Gasteiger partial charge on any atom is -0.395 e. The zero-order valence-electron chi connectivity index (χ0n) is 10.4. The average molecular weight is 265 g/mol. The molecule has 2 aromatic heterocycles. The molecule has 0 spiro atoms. The fourth-order valence-electron chi connectivity index (χ4n) is 1.54. The van der Waals surface area contributed by atoms with E-state index >= 15 is 0 Å². The van der Waals surface area contributed by atoms with Gasteiger partial charge in [0.25, 0.3) is 5.91 Å². The van der Waals surface area contributed by atoms with Crippen LogP contribution in [0.5, 0.6) is 0 Å². The van der Waals surface area contributed by atoms with E-state index in [4.69, 9.17) is 5.73 Å². The third kappa shape index (κ3) is 2.21. The molecule has 0 radical (unpaired) electrons. The molecule has 0 aromatic carbocycles. The molecule has 0 atom stereocenters. The van der Waals surface area contributed by atoms with Gasteiger partial charge in [-0.3, -0.25) is 9.89 Å². The number of hydrogen-bond acceptors (Lipinski definition) is 5. The zero-order valence-corrected chi connectivity index (χ0v) is 11.3. The van der Waals surface area contributed by atoms with Crippen LogP contribution in [0.25, 0.3) is 0 Å². The topological polar surface area (TPSA) is 96.7 Å². The fraction of sp³-hybridized carbons (Fsp3) is 0.364. The first-order valence-electron chi connectivity index (χ1n) is 5.44. The number of aromatic nitrogens is 3. The Labute approximate surface area is 109 Å². The first-order valence-corrected chi connectivity index (χ1v) is 6.32. The van der Waals surface area contributed by atoms with E-state index in [9.17, 15) is 4.79 Å². The lowest BCUT2D eigenvalue weighted by Crippen LogP contribution is -2.41. The van der Waals surface area contributed by atoms with Crippen molar-refractivity contribution >= 4 is 22.9 Å². The van der Waals surface area contributed by atoms with Gasteiger partial charge >= 0.3 is 0 Å². The van der Waals surface area contributed by atoms with Gasteiger partial charge in [0.15, 0.2) is 5.69 Å². The first kappa shape index (κ1) is 12.6. The molecule has 2 rings (SSSR count). The molecule has 0 aliphatic heterocycles. The number of aryl methyl sites for hydroxylation is 1. The number of anilines is 1. The molecule has 0 fully saturated rings. The molecule has 0 unspecified atom stereocenters. The third-order valence-electron chi connectivity index (χ3n) is 2.60. The Morgan fingerprint density at radius 3 is 2.78 bits per heavy atom. The molecular formula is C11H15N5OS. The Bertz CT molecular complexity index is 558. The summed E-state index contributed by atoms with van der Waals surface area (Å²) in [6, 6.07) is 0. The molecule has 0 saturated carbocycles. The largest absolute Gasteiger partial charge is 0.395 e. The number of aromatic amines is 1. The molecule has 0 aliphatic carbocycles. The summed E-state index contributed by atoms with van der Waals surface area (Å²) in [5.74, 6) is -0.308. The summed E-state index contributed by atoms with van der Waals surface area (Å²) in [4.78, 5) is 16.3. The molecule has 7 heteroatoms. The van der Waals surface area contributed by atoms with Crippen molar-refractivity contribution in [2.24, 2.45) is 0 Å². The molecule has 6 nitrogen and oxygen atoms in total. The minimum absolute atomic E-state index is 0.220. The van der Waals surface area contributed by atoms with Crippen molar-refractivity contribution in [2.75, 3.05) is 5.73 Å². The molecule has 1 amide bonds. The molecule has 2 aromatic rings. The quantitative estimate of drug-likeness (QED) is 0.782. The molecule has 0 aliphatic rings. The summed E-state index contributed by atoms with van der Waals surface area (Å²) >= 11 is 1.49. The Balaban J connectivity index is 2.20. The number of thiazole rings is 1. The van der Waals surface area contributed by atoms with Gasteiger partial charge in [0.05, 0.1) is 16.9 Å². The van der Waals surface area contributed by atoms with Gasteiger partial charge in [-0.15, -0.1) is 11.3 Å². The van der Waals surface area contributed by atoms with Gasteiger partial charge in [-0.2, -0.15) is 5.10 Å². The molecule has 2 heterocycles. The van der Waals surface area contributed by atoms with E-state index in [1.165, 1.54) is 11.3 Å². The average Bonchev–Trinajstić information content (AvgIpc) is 2.90. The highest BCUT2D eigenvalue weighted by Crippen LogP contribution is 2.23. The van der Waals surface area contributed by atoms with Crippen LogP contribution in [-0.4, -0.2) is 21.1 Å². The fourth-order valence-corrected chi connectivity index (χ4v) is 2.26. The van der Waals surface area contributed by atoms with Crippen LogP contribution in [0.4, 0.5) is 5.69 Å². The van der Waals surface area contributed by atoms with Crippen molar-refractivity contribution in [3.05, 3.63) is 28.0 Å².